The summed E-state index contributed by atoms with van der Waals surface area (Å²) in [5.74, 6) is 0. The lowest BCUT2D eigenvalue weighted by Gasteiger charge is -2.19. The SMILES string of the molecule is CC(C)(C)c1ccc(/C=C/[Si](C)(C)c2ccccn2)cc1. The highest BCUT2D eigenvalue weighted by atomic mass is 28.3. The molecule has 0 aliphatic heterocycles. The molecule has 0 saturated heterocycles. The second kappa shape index (κ2) is 5.98. The molecule has 0 amide bonds. The van der Waals surface area contributed by atoms with Crippen LogP contribution >= 0.6 is 0 Å². The lowest BCUT2D eigenvalue weighted by Crippen LogP contribution is -2.41. The average Bonchev–Trinajstić information content (AvgIpc) is 2.46. The number of benzene rings is 1. The van der Waals surface area contributed by atoms with E-state index >= 15 is 0 Å². The van der Waals surface area contributed by atoms with Crippen molar-refractivity contribution in [1.29, 1.82) is 0 Å². The van der Waals surface area contributed by atoms with Crippen molar-refractivity contribution >= 4 is 19.5 Å². The summed E-state index contributed by atoms with van der Waals surface area (Å²) in [5, 5.41) is 1.23. The summed E-state index contributed by atoms with van der Waals surface area (Å²) in [5.41, 5.74) is 5.21. The summed E-state index contributed by atoms with van der Waals surface area (Å²) < 4.78 is 0. The maximum absolute atomic E-state index is 4.52. The first-order valence-electron chi connectivity index (χ1n) is 7.50. The fraction of sp³-hybridized carbons (Fsp3) is 0.316. The van der Waals surface area contributed by atoms with Crippen molar-refractivity contribution in [3.8, 4) is 0 Å². The molecule has 0 N–H and O–H groups in total. The molecular formula is C19H25NSi. The Kier molecular flexibility index (Phi) is 4.48. The van der Waals surface area contributed by atoms with E-state index in [1.165, 1.54) is 16.4 Å². The third-order valence-corrected chi connectivity index (χ3v) is 6.41. The molecule has 0 fully saturated rings. The van der Waals surface area contributed by atoms with Crippen molar-refractivity contribution in [3.05, 3.63) is 65.5 Å². The average molecular weight is 296 g/mol. The molecule has 0 bridgehead atoms. The molecular weight excluding hydrogens is 270 g/mol. The van der Waals surface area contributed by atoms with Crippen LogP contribution in [0.1, 0.15) is 31.9 Å². The lowest BCUT2D eigenvalue weighted by molar-refractivity contribution is 0.590. The molecule has 0 saturated carbocycles. The molecule has 0 atom stereocenters. The highest BCUT2D eigenvalue weighted by molar-refractivity contribution is 6.93. The van der Waals surface area contributed by atoms with Crippen molar-refractivity contribution < 1.29 is 0 Å². The molecule has 2 aromatic rings. The van der Waals surface area contributed by atoms with E-state index < -0.39 is 8.07 Å². The van der Waals surface area contributed by atoms with Gasteiger partial charge in [0, 0.05) is 11.5 Å². The predicted molar refractivity (Wildman–Crippen MR) is 95.5 cm³/mol. The van der Waals surface area contributed by atoms with Gasteiger partial charge >= 0.3 is 0 Å². The van der Waals surface area contributed by atoms with Gasteiger partial charge in [0.05, 0.1) is 0 Å². The second-order valence-corrected chi connectivity index (χ2v) is 11.4. The first-order valence-corrected chi connectivity index (χ1v) is 10.6. The summed E-state index contributed by atoms with van der Waals surface area (Å²) in [6, 6.07) is 15.1. The Hall–Kier alpha value is -1.67. The Labute approximate surface area is 129 Å². The molecule has 0 radical (unpaired) electrons. The zero-order chi connectivity index (χ0) is 15.5. The van der Waals surface area contributed by atoms with Crippen molar-refractivity contribution in [2.24, 2.45) is 0 Å². The predicted octanol–water partition coefficient (Wildman–Crippen LogP) is 4.55. The van der Waals surface area contributed by atoms with Gasteiger partial charge in [0.2, 0.25) is 0 Å². The van der Waals surface area contributed by atoms with Crippen LogP contribution in [0, 0.1) is 0 Å². The van der Waals surface area contributed by atoms with Crippen LogP contribution in [-0.4, -0.2) is 13.1 Å². The summed E-state index contributed by atoms with van der Waals surface area (Å²) in [4.78, 5) is 4.52. The fourth-order valence-electron chi connectivity index (χ4n) is 2.23. The van der Waals surface area contributed by atoms with E-state index in [2.05, 4.69) is 87.0 Å². The first kappa shape index (κ1) is 15.7. The van der Waals surface area contributed by atoms with Gasteiger partial charge in [0.15, 0.2) is 0 Å². The van der Waals surface area contributed by atoms with Crippen LogP contribution in [0.2, 0.25) is 13.1 Å². The molecule has 1 heterocycles. The Morgan fingerprint density at radius 3 is 2.14 bits per heavy atom. The van der Waals surface area contributed by atoms with Gasteiger partial charge in [-0.2, -0.15) is 0 Å². The normalized spacial score (nSPS) is 12.8. The third kappa shape index (κ3) is 4.15. The summed E-state index contributed by atoms with van der Waals surface area (Å²) in [7, 11) is -1.60. The van der Waals surface area contributed by atoms with Gasteiger partial charge in [0.1, 0.15) is 8.07 Å². The standard InChI is InChI=1S/C19H25NSi/c1-19(2,3)17-11-9-16(10-12-17)13-15-21(4,5)18-8-6-7-14-20-18/h6-15H,1-5H3/b15-13+. The van der Waals surface area contributed by atoms with E-state index in [0.717, 1.165) is 0 Å². The van der Waals surface area contributed by atoms with Gasteiger partial charge < -0.3 is 0 Å². The number of hydrogen-bond acceptors (Lipinski definition) is 1. The Morgan fingerprint density at radius 1 is 0.952 bits per heavy atom. The summed E-state index contributed by atoms with van der Waals surface area (Å²) in [6.07, 6.45) is 4.13. The van der Waals surface area contributed by atoms with Gasteiger partial charge in [0.25, 0.3) is 0 Å². The molecule has 0 spiro atoms. The Bertz CT molecular complexity index is 604. The summed E-state index contributed by atoms with van der Waals surface area (Å²) in [6.45, 7) is 11.4. The number of aromatic nitrogens is 1. The highest BCUT2D eigenvalue weighted by Crippen LogP contribution is 2.22. The van der Waals surface area contributed by atoms with Gasteiger partial charge in [-0.1, -0.05) is 76.0 Å². The fourth-order valence-corrected chi connectivity index (χ4v) is 3.94. The molecule has 1 nitrogen and oxygen atoms in total. The van der Waals surface area contributed by atoms with Crippen LogP contribution in [0.5, 0.6) is 0 Å². The monoisotopic (exact) mass is 295 g/mol. The van der Waals surface area contributed by atoms with E-state index in [1.807, 2.05) is 12.3 Å². The van der Waals surface area contributed by atoms with Gasteiger partial charge in [-0.05, 0) is 28.7 Å². The molecule has 2 heteroatoms. The molecule has 21 heavy (non-hydrogen) atoms. The van der Waals surface area contributed by atoms with E-state index in [0.29, 0.717) is 0 Å². The maximum Gasteiger partial charge on any atom is 0.127 e. The molecule has 2 rings (SSSR count). The van der Waals surface area contributed by atoms with E-state index in [9.17, 15) is 0 Å². The van der Waals surface area contributed by atoms with Crippen molar-refractivity contribution in [3.63, 3.8) is 0 Å². The minimum absolute atomic E-state index is 0.213. The molecule has 1 aromatic heterocycles. The van der Waals surface area contributed by atoms with Crippen LogP contribution in [0.15, 0.2) is 54.4 Å². The molecule has 0 unspecified atom stereocenters. The Morgan fingerprint density at radius 2 is 1.62 bits per heavy atom. The van der Waals surface area contributed by atoms with Gasteiger partial charge in [-0.25, -0.2) is 0 Å². The lowest BCUT2D eigenvalue weighted by atomic mass is 9.87. The Balaban J connectivity index is 2.18. The number of hydrogen-bond donors (Lipinski definition) is 0. The zero-order valence-corrected chi connectivity index (χ0v) is 14.7. The topological polar surface area (TPSA) is 12.9 Å². The summed E-state index contributed by atoms with van der Waals surface area (Å²) >= 11 is 0. The van der Waals surface area contributed by atoms with Crippen molar-refractivity contribution in [2.45, 2.75) is 39.3 Å². The van der Waals surface area contributed by atoms with Crippen LogP contribution in [0.3, 0.4) is 0 Å². The van der Waals surface area contributed by atoms with Crippen LogP contribution < -0.4 is 5.32 Å². The first-order chi connectivity index (χ1) is 9.79. The van der Waals surface area contributed by atoms with Gasteiger partial charge in [-0.15, -0.1) is 0 Å². The molecule has 110 valence electrons. The molecule has 0 aliphatic carbocycles. The van der Waals surface area contributed by atoms with Crippen LogP contribution in [0.4, 0.5) is 0 Å². The van der Waals surface area contributed by atoms with Gasteiger partial charge in [-0.3, -0.25) is 4.98 Å². The minimum atomic E-state index is -1.60. The number of pyridine rings is 1. The third-order valence-electron chi connectivity index (χ3n) is 3.79. The highest BCUT2D eigenvalue weighted by Gasteiger charge is 2.21. The molecule has 1 aromatic carbocycles. The van der Waals surface area contributed by atoms with Crippen molar-refractivity contribution in [2.75, 3.05) is 0 Å². The van der Waals surface area contributed by atoms with Crippen LogP contribution in [-0.2, 0) is 5.41 Å². The maximum atomic E-state index is 4.52. The smallest absolute Gasteiger partial charge is 0.127 e. The van der Waals surface area contributed by atoms with E-state index in [-0.39, 0.29) is 5.41 Å². The second-order valence-electron chi connectivity index (χ2n) is 7.14. The van der Waals surface area contributed by atoms with E-state index in [1.54, 1.807) is 0 Å². The number of rotatable bonds is 3. The van der Waals surface area contributed by atoms with E-state index in [4.69, 9.17) is 0 Å². The molecule has 0 aliphatic rings. The quantitative estimate of drug-likeness (QED) is 0.757. The zero-order valence-electron chi connectivity index (χ0n) is 13.7. The number of nitrogens with zero attached hydrogens (tertiary/aromatic N) is 1. The van der Waals surface area contributed by atoms with Crippen molar-refractivity contribution in [1.82, 2.24) is 4.98 Å². The largest absolute Gasteiger partial charge is 0.266 e. The van der Waals surface area contributed by atoms with Crippen LogP contribution in [0.25, 0.3) is 6.08 Å². The minimum Gasteiger partial charge on any atom is -0.266 e.